The average Bonchev–Trinajstić information content (AvgIpc) is 2.15. The Bertz CT molecular complexity index is 419. The molecule has 0 heterocycles. The molecule has 0 aliphatic rings. The summed E-state index contributed by atoms with van der Waals surface area (Å²) in [5, 5.41) is 17.7. The van der Waals surface area contributed by atoms with Crippen LogP contribution in [0.2, 0.25) is 5.02 Å². The van der Waals surface area contributed by atoms with Crippen molar-refractivity contribution in [3.8, 4) is 0 Å². The summed E-state index contributed by atoms with van der Waals surface area (Å²) >= 11 is 5.63. The molecule has 6 heteroatoms. The lowest BCUT2D eigenvalue weighted by molar-refractivity contribution is -0.138. The fourth-order valence-electron chi connectivity index (χ4n) is 1.12. The number of aromatic carboxylic acids is 1. The third-order valence-corrected chi connectivity index (χ3v) is 2.08. The first-order valence-electron chi connectivity index (χ1n) is 3.94. The lowest BCUT2D eigenvalue weighted by Gasteiger charge is -2.10. The highest BCUT2D eigenvalue weighted by Gasteiger charge is 2.21. The topological polar surface area (TPSA) is 101 Å². The fraction of sp³-hybridized carbons (Fsp3) is 0.111. The lowest BCUT2D eigenvalue weighted by atomic mass is 10.0. The summed E-state index contributed by atoms with van der Waals surface area (Å²) in [6.45, 7) is 0. The number of halogens is 1. The van der Waals surface area contributed by atoms with Gasteiger partial charge in [0.2, 0.25) is 0 Å². The van der Waals surface area contributed by atoms with Crippen LogP contribution in [0.25, 0.3) is 0 Å². The summed E-state index contributed by atoms with van der Waals surface area (Å²) in [5.74, 6) is -2.54. The highest BCUT2D eigenvalue weighted by atomic mass is 35.5. The molecule has 1 atom stereocenters. The van der Waals surface area contributed by atoms with Gasteiger partial charge in [-0.05, 0) is 23.8 Å². The minimum atomic E-state index is -1.39. The van der Waals surface area contributed by atoms with E-state index in [0.717, 1.165) is 0 Å². The van der Waals surface area contributed by atoms with Crippen LogP contribution in [0.15, 0.2) is 18.2 Å². The maximum absolute atomic E-state index is 10.8. The van der Waals surface area contributed by atoms with E-state index < -0.39 is 18.0 Å². The molecule has 0 radical (unpaired) electrons. The molecule has 0 saturated heterocycles. The molecule has 0 amide bonds. The predicted octanol–water partition coefficient (Wildman–Crippen LogP) is 1.12. The molecule has 80 valence electrons. The van der Waals surface area contributed by atoms with E-state index in [9.17, 15) is 9.59 Å². The van der Waals surface area contributed by atoms with Gasteiger partial charge < -0.3 is 15.9 Å². The van der Waals surface area contributed by atoms with Crippen molar-refractivity contribution in [2.45, 2.75) is 6.04 Å². The molecule has 0 unspecified atom stereocenters. The van der Waals surface area contributed by atoms with Crippen molar-refractivity contribution in [2.75, 3.05) is 0 Å². The summed E-state index contributed by atoms with van der Waals surface area (Å²) in [6, 6.07) is 2.44. The Morgan fingerprint density at radius 2 is 1.93 bits per heavy atom. The van der Waals surface area contributed by atoms with E-state index in [1.54, 1.807) is 0 Å². The number of aliphatic carboxylic acids is 1. The van der Waals surface area contributed by atoms with Gasteiger partial charge in [0.1, 0.15) is 6.04 Å². The molecule has 0 bridgehead atoms. The molecular weight excluding hydrogens is 222 g/mol. The summed E-state index contributed by atoms with van der Waals surface area (Å²) < 4.78 is 0. The summed E-state index contributed by atoms with van der Waals surface area (Å²) in [4.78, 5) is 21.4. The molecule has 0 fully saturated rings. The molecule has 4 N–H and O–H groups in total. The molecule has 0 spiro atoms. The zero-order valence-corrected chi connectivity index (χ0v) is 8.23. The van der Waals surface area contributed by atoms with Gasteiger partial charge in [-0.1, -0.05) is 11.6 Å². The Balaban J connectivity index is 3.30. The first-order valence-corrected chi connectivity index (χ1v) is 4.32. The number of hydrogen-bond acceptors (Lipinski definition) is 3. The number of carbonyl (C=O) groups is 2. The summed E-state index contributed by atoms with van der Waals surface area (Å²) in [7, 11) is 0. The van der Waals surface area contributed by atoms with Crippen molar-refractivity contribution >= 4 is 23.5 Å². The van der Waals surface area contributed by atoms with Crippen molar-refractivity contribution in [2.24, 2.45) is 5.73 Å². The van der Waals surface area contributed by atoms with Crippen LogP contribution in [-0.4, -0.2) is 22.2 Å². The molecule has 5 nitrogen and oxygen atoms in total. The largest absolute Gasteiger partial charge is 0.480 e. The Kier molecular flexibility index (Phi) is 3.28. The zero-order valence-electron chi connectivity index (χ0n) is 7.48. The number of benzene rings is 1. The molecule has 0 aliphatic carbocycles. The standard InChI is InChI=1S/C9H8ClNO4/c10-4-1-2-5(8(12)13)6(3-4)7(11)9(14)15/h1-3,7H,11H2,(H,12,13)(H,14,15)/t7-/m0/s1. The average molecular weight is 230 g/mol. The smallest absolute Gasteiger partial charge is 0.336 e. The van der Waals surface area contributed by atoms with Gasteiger partial charge in [-0.3, -0.25) is 4.79 Å². The lowest BCUT2D eigenvalue weighted by Crippen LogP contribution is -2.23. The maximum atomic E-state index is 10.8. The second-order valence-corrected chi connectivity index (χ2v) is 3.29. The minimum absolute atomic E-state index is 0.0116. The van der Waals surface area contributed by atoms with Crippen LogP contribution in [-0.2, 0) is 4.79 Å². The van der Waals surface area contributed by atoms with Gasteiger partial charge in [-0.2, -0.15) is 0 Å². The molecule has 1 rings (SSSR count). The van der Waals surface area contributed by atoms with E-state index in [-0.39, 0.29) is 16.1 Å². The van der Waals surface area contributed by atoms with Gasteiger partial charge >= 0.3 is 11.9 Å². The number of rotatable bonds is 3. The third kappa shape index (κ3) is 2.45. The van der Waals surface area contributed by atoms with E-state index in [1.807, 2.05) is 0 Å². The van der Waals surface area contributed by atoms with Crippen LogP contribution in [0.1, 0.15) is 22.0 Å². The normalized spacial score (nSPS) is 12.1. The van der Waals surface area contributed by atoms with Crippen molar-refractivity contribution in [3.05, 3.63) is 34.3 Å². The fourth-order valence-corrected chi connectivity index (χ4v) is 1.30. The van der Waals surface area contributed by atoms with Gasteiger partial charge in [0, 0.05) is 5.02 Å². The van der Waals surface area contributed by atoms with E-state index in [2.05, 4.69) is 0 Å². The van der Waals surface area contributed by atoms with Gasteiger partial charge in [-0.25, -0.2) is 4.79 Å². The predicted molar refractivity (Wildman–Crippen MR) is 53.0 cm³/mol. The van der Waals surface area contributed by atoms with Crippen LogP contribution >= 0.6 is 11.6 Å². The van der Waals surface area contributed by atoms with Crippen LogP contribution in [0.3, 0.4) is 0 Å². The maximum Gasteiger partial charge on any atom is 0.336 e. The number of carboxylic acids is 2. The van der Waals surface area contributed by atoms with E-state index in [4.69, 9.17) is 27.5 Å². The molecule has 0 aliphatic heterocycles. The first-order chi connectivity index (χ1) is 6.93. The monoisotopic (exact) mass is 229 g/mol. The van der Waals surface area contributed by atoms with E-state index >= 15 is 0 Å². The van der Waals surface area contributed by atoms with Crippen LogP contribution < -0.4 is 5.73 Å². The molecular formula is C9H8ClNO4. The SMILES string of the molecule is N[C@H](C(=O)O)c1cc(Cl)ccc1C(=O)O. The Labute approximate surface area is 90.1 Å². The zero-order chi connectivity index (χ0) is 11.6. The second kappa shape index (κ2) is 4.29. The van der Waals surface area contributed by atoms with Crippen molar-refractivity contribution < 1.29 is 19.8 Å². The van der Waals surface area contributed by atoms with Crippen LogP contribution in [0.5, 0.6) is 0 Å². The molecule has 1 aromatic carbocycles. The van der Waals surface area contributed by atoms with E-state index in [1.165, 1.54) is 18.2 Å². The molecule has 0 aromatic heterocycles. The Hall–Kier alpha value is -1.59. The van der Waals surface area contributed by atoms with Gasteiger partial charge in [0.15, 0.2) is 0 Å². The van der Waals surface area contributed by atoms with Crippen molar-refractivity contribution in [1.82, 2.24) is 0 Å². The highest BCUT2D eigenvalue weighted by molar-refractivity contribution is 6.30. The van der Waals surface area contributed by atoms with Gasteiger partial charge in [-0.15, -0.1) is 0 Å². The molecule has 15 heavy (non-hydrogen) atoms. The number of nitrogens with two attached hydrogens (primary N) is 1. The Morgan fingerprint density at radius 1 is 1.33 bits per heavy atom. The van der Waals surface area contributed by atoms with Crippen LogP contribution in [0.4, 0.5) is 0 Å². The van der Waals surface area contributed by atoms with Crippen molar-refractivity contribution in [3.63, 3.8) is 0 Å². The van der Waals surface area contributed by atoms with Gasteiger partial charge in [0.25, 0.3) is 0 Å². The Morgan fingerprint density at radius 3 is 2.40 bits per heavy atom. The van der Waals surface area contributed by atoms with Gasteiger partial charge in [0.05, 0.1) is 5.56 Å². The number of carboxylic acid groups (broad SMARTS) is 2. The van der Waals surface area contributed by atoms with Crippen molar-refractivity contribution in [1.29, 1.82) is 0 Å². The van der Waals surface area contributed by atoms with E-state index in [0.29, 0.717) is 0 Å². The molecule has 0 saturated carbocycles. The number of hydrogen-bond donors (Lipinski definition) is 3. The van der Waals surface area contributed by atoms with Crippen LogP contribution in [0, 0.1) is 0 Å². The minimum Gasteiger partial charge on any atom is -0.480 e. The quantitative estimate of drug-likeness (QED) is 0.721. The molecule has 1 aromatic rings. The first kappa shape index (κ1) is 11.5. The summed E-state index contributed by atoms with van der Waals surface area (Å²) in [6.07, 6.45) is 0. The summed E-state index contributed by atoms with van der Waals surface area (Å²) in [5.41, 5.74) is 5.15. The second-order valence-electron chi connectivity index (χ2n) is 2.85. The third-order valence-electron chi connectivity index (χ3n) is 1.85. The highest BCUT2D eigenvalue weighted by Crippen LogP contribution is 2.21.